The largest absolute Gasteiger partial charge is 0.393 e. The van der Waals surface area contributed by atoms with Crippen LogP contribution in [0.25, 0.3) is 0 Å². The van der Waals surface area contributed by atoms with Crippen molar-refractivity contribution in [3.05, 3.63) is 0 Å². The second kappa shape index (κ2) is 8.91. The predicted molar refractivity (Wildman–Crippen MR) is 127 cm³/mol. The molecule has 0 aromatic heterocycles. The van der Waals surface area contributed by atoms with Gasteiger partial charge in [0.25, 0.3) is 0 Å². The van der Waals surface area contributed by atoms with Crippen LogP contribution in [0, 0.1) is 40.4 Å². The summed E-state index contributed by atoms with van der Waals surface area (Å²) >= 11 is 0. The molecule has 4 aliphatic rings. The molecule has 0 amide bonds. The quantitative estimate of drug-likeness (QED) is 0.459. The molecule has 0 aromatic carbocycles. The third-order valence-electron chi connectivity index (χ3n) is 11.3. The number of hydrogen-bond donors (Lipinski definition) is 2. The summed E-state index contributed by atoms with van der Waals surface area (Å²) in [6.07, 6.45) is 15.4. The fraction of sp³-hybridized carbons (Fsp3) is 1.00. The summed E-state index contributed by atoms with van der Waals surface area (Å²) in [7, 11) is 1.84. The Hall–Kier alpha value is -0.120. The first-order valence-corrected chi connectivity index (χ1v) is 13.6. The van der Waals surface area contributed by atoms with Gasteiger partial charge in [-0.3, -0.25) is 0 Å². The van der Waals surface area contributed by atoms with E-state index < -0.39 is 5.60 Å². The minimum absolute atomic E-state index is 0.180. The Bertz CT molecular complexity index is 617. The van der Waals surface area contributed by atoms with E-state index in [1.165, 1.54) is 51.4 Å². The molecule has 0 aromatic rings. The molecular formula is C28H50O3. The fourth-order valence-corrected chi connectivity index (χ4v) is 9.58. The molecule has 0 aliphatic heterocycles. The smallest absolute Gasteiger partial charge is 0.0653 e. The normalized spacial score (nSPS) is 49.1. The highest BCUT2D eigenvalue weighted by Crippen LogP contribution is 2.68. The summed E-state index contributed by atoms with van der Waals surface area (Å²) in [5.41, 5.74) is -0.0398. The number of aliphatic hydroxyl groups is 2. The molecule has 31 heavy (non-hydrogen) atoms. The highest BCUT2D eigenvalue weighted by molar-refractivity contribution is 5.13. The minimum Gasteiger partial charge on any atom is -0.393 e. The number of rotatable bonds is 7. The topological polar surface area (TPSA) is 49.7 Å². The maximum Gasteiger partial charge on any atom is 0.0653 e. The van der Waals surface area contributed by atoms with E-state index in [9.17, 15) is 10.2 Å². The lowest BCUT2D eigenvalue weighted by Crippen LogP contribution is -2.59. The SMILES string of the molecule is CCCCCC[C@](C)(O)[C@H]1CCC2C3C[C@H](O)[C@H]4C[C@@H](OC)CC[C@]4(C)C3CC[C@@]21C. The Labute approximate surface area is 191 Å². The summed E-state index contributed by atoms with van der Waals surface area (Å²) in [5.74, 6) is 2.86. The third kappa shape index (κ3) is 4.03. The standard InChI is InChI=1S/C28H50O3/c1-6-7-8-9-14-28(4,30)25-11-10-21-20-18-24(29)23-17-19(31-5)12-15-26(23,2)22(20)13-16-27(21,25)3/h19-25,29-30H,6-18H2,1-5H3/t19-,20?,21?,22?,23+,24-,25-,26+,27-,28-/m0/s1. The lowest BCUT2D eigenvalue weighted by atomic mass is 9.43. The molecule has 0 bridgehead atoms. The zero-order valence-corrected chi connectivity index (χ0v) is 21.0. The predicted octanol–water partition coefficient (Wildman–Crippen LogP) is 6.35. The van der Waals surface area contributed by atoms with Crippen molar-refractivity contribution in [3.8, 4) is 0 Å². The molecule has 3 heteroatoms. The van der Waals surface area contributed by atoms with Crippen LogP contribution >= 0.6 is 0 Å². The van der Waals surface area contributed by atoms with Crippen LogP contribution in [-0.2, 0) is 4.74 Å². The number of ether oxygens (including phenoxy) is 1. The molecule has 3 nitrogen and oxygen atoms in total. The van der Waals surface area contributed by atoms with E-state index in [1.807, 2.05) is 7.11 Å². The van der Waals surface area contributed by atoms with Crippen molar-refractivity contribution in [2.24, 2.45) is 40.4 Å². The van der Waals surface area contributed by atoms with E-state index in [-0.39, 0.29) is 16.9 Å². The van der Waals surface area contributed by atoms with E-state index in [0.717, 1.165) is 38.0 Å². The summed E-state index contributed by atoms with van der Waals surface area (Å²) in [6.45, 7) is 9.41. The first kappa shape index (κ1) is 24.0. The van der Waals surface area contributed by atoms with Crippen LogP contribution in [0.3, 0.4) is 0 Å². The van der Waals surface area contributed by atoms with Gasteiger partial charge in [-0.25, -0.2) is 0 Å². The van der Waals surface area contributed by atoms with E-state index in [2.05, 4.69) is 27.7 Å². The van der Waals surface area contributed by atoms with Crippen molar-refractivity contribution in [1.29, 1.82) is 0 Å². The molecule has 0 saturated heterocycles. The van der Waals surface area contributed by atoms with Gasteiger partial charge in [-0.1, -0.05) is 46.5 Å². The fourth-order valence-electron chi connectivity index (χ4n) is 9.58. The molecular weight excluding hydrogens is 384 g/mol. The van der Waals surface area contributed by atoms with Gasteiger partial charge in [0.05, 0.1) is 17.8 Å². The highest BCUT2D eigenvalue weighted by atomic mass is 16.5. The van der Waals surface area contributed by atoms with E-state index in [0.29, 0.717) is 29.8 Å². The molecule has 4 rings (SSSR count). The lowest BCUT2D eigenvalue weighted by Gasteiger charge is -2.62. The van der Waals surface area contributed by atoms with Gasteiger partial charge in [0.2, 0.25) is 0 Å². The van der Waals surface area contributed by atoms with Crippen LogP contribution in [0.2, 0.25) is 0 Å². The molecule has 0 spiro atoms. The summed E-state index contributed by atoms with van der Waals surface area (Å²) in [5, 5.41) is 22.9. The molecule has 4 fully saturated rings. The second-order valence-electron chi connectivity index (χ2n) is 12.8. The van der Waals surface area contributed by atoms with Crippen molar-refractivity contribution < 1.29 is 14.9 Å². The average Bonchev–Trinajstić information content (AvgIpc) is 3.09. The number of unbranched alkanes of at least 4 members (excludes halogenated alkanes) is 3. The van der Waals surface area contributed by atoms with Gasteiger partial charge in [0.15, 0.2) is 0 Å². The van der Waals surface area contributed by atoms with Gasteiger partial charge >= 0.3 is 0 Å². The number of hydrogen-bond acceptors (Lipinski definition) is 3. The van der Waals surface area contributed by atoms with Gasteiger partial charge in [0.1, 0.15) is 0 Å². The van der Waals surface area contributed by atoms with Crippen molar-refractivity contribution in [1.82, 2.24) is 0 Å². The molecule has 3 unspecified atom stereocenters. The lowest BCUT2D eigenvalue weighted by molar-refractivity contribution is -0.181. The Balaban J connectivity index is 1.51. The van der Waals surface area contributed by atoms with Gasteiger partial charge < -0.3 is 14.9 Å². The Morgan fingerprint density at radius 2 is 1.61 bits per heavy atom. The monoisotopic (exact) mass is 434 g/mol. The maximum atomic E-state index is 11.6. The van der Waals surface area contributed by atoms with Crippen LogP contribution in [0.15, 0.2) is 0 Å². The molecule has 10 atom stereocenters. The minimum atomic E-state index is -0.541. The van der Waals surface area contributed by atoms with Gasteiger partial charge in [-0.2, -0.15) is 0 Å². The van der Waals surface area contributed by atoms with Gasteiger partial charge in [0, 0.05) is 7.11 Å². The van der Waals surface area contributed by atoms with Crippen molar-refractivity contribution in [2.45, 2.75) is 129 Å². The van der Waals surface area contributed by atoms with Crippen LogP contribution in [0.1, 0.15) is 111 Å². The molecule has 2 N–H and O–H groups in total. The molecule has 4 saturated carbocycles. The van der Waals surface area contributed by atoms with Crippen LogP contribution in [0.4, 0.5) is 0 Å². The van der Waals surface area contributed by atoms with E-state index in [4.69, 9.17) is 4.74 Å². The van der Waals surface area contributed by atoms with E-state index in [1.54, 1.807) is 0 Å². The summed E-state index contributed by atoms with van der Waals surface area (Å²) < 4.78 is 5.71. The number of aliphatic hydroxyl groups excluding tert-OH is 1. The first-order valence-electron chi connectivity index (χ1n) is 13.6. The van der Waals surface area contributed by atoms with Crippen LogP contribution in [-0.4, -0.2) is 35.1 Å². The van der Waals surface area contributed by atoms with Gasteiger partial charge in [-0.15, -0.1) is 0 Å². The van der Waals surface area contributed by atoms with Crippen LogP contribution in [0.5, 0.6) is 0 Å². The molecule has 0 heterocycles. The Morgan fingerprint density at radius 3 is 2.32 bits per heavy atom. The molecule has 0 radical (unpaired) electrons. The molecule has 180 valence electrons. The Kier molecular flexibility index (Phi) is 6.91. The molecule has 4 aliphatic carbocycles. The van der Waals surface area contributed by atoms with Crippen molar-refractivity contribution in [2.75, 3.05) is 7.11 Å². The number of methoxy groups -OCH3 is 1. The third-order valence-corrected chi connectivity index (χ3v) is 11.3. The van der Waals surface area contributed by atoms with Crippen molar-refractivity contribution in [3.63, 3.8) is 0 Å². The van der Waals surface area contributed by atoms with Gasteiger partial charge in [-0.05, 0) is 105 Å². The van der Waals surface area contributed by atoms with E-state index >= 15 is 0 Å². The number of fused-ring (bicyclic) bond motifs is 5. The highest BCUT2D eigenvalue weighted by Gasteiger charge is 2.63. The maximum absolute atomic E-state index is 11.6. The first-order chi connectivity index (χ1) is 14.7. The van der Waals surface area contributed by atoms with Crippen LogP contribution < -0.4 is 0 Å². The zero-order valence-electron chi connectivity index (χ0n) is 21.0. The Morgan fingerprint density at radius 1 is 0.903 bits per heavy atom. The zero-order chi connectivity index (χ0) is 22.4. The average molecular weight is 435 g/mol. The summed E-state index contributed by atoms with van der Waals surface area (Å²) in [4.78, 5) is 0. The summed E-state index contributed by atoms with van der Waals surface area (Å²) in [6, 6.07) is 0. The van der Waals surface area contributed by atoms with Crippen molar-refractivity contribution >= 4 is 0 Å². The second-order valence-corrected chi connectivity index (χ2v) is 12.8.